The van der Waals surface area contributed by atoms with Crippen LogP contribution in [-0.4, -0.2) is 30.9 Å². The highest BCUT2D eigenvalue weighted by Gasteiger charge is 2.21. The zero-order valence-electron chi connectivity index (χ0n) is 10.7. The minimum atomic E-state index is 0.274. The maximum Gasteiger partial charge on any atom is 0.222 e. The van der Waals surface area contributed by atoms with E-state index in [1.54, 1.807) is 0 Å². The van der Waals surface area contributed by atoms with Crippen molar-refractivity contribution >= 4 is 21.8 Å². The van der Waals surface area contributed by atoms with Gasteiger partial charge in [-0.1, -0.05) is 28.1 Å². The van der Waals surface area contributed by atoms with E-state index in [9.17, 15) is 4.79 Å². The van der Waals surface area contributed by atoms with Crippen LogP contribution in [0.3, 0.4) is 0 Å². The van der Waals surface area contributed by atoms with Gasteiger partial charge >= 0.3 is 0 Å². The van der Waals surface area contributed by atoms with Crippen LogP contribution in [0.4, 0.5) is 0 Å². The minimum absolute atomic E-state index is 0.274. The second-order valence-electron chi connectivity index (χ2n) is 4.65. The number of hydrogen-bond acceptors (Lipinski definition) is 2. The number of carbonyl (C=O) groups excluding carboxylic acids is 1. The van der Waals surface area contributed by atoms with Gasteiger partial charge in [-0.15, -0.1) is 0 Å². The number of hydrogen-bond donors (Lipinski definition) is 1. The van der Waals surface area contributed by atoms with Crippen molar-refractivity contribution in [2.75, 3.05) is 20.1 Å². The lowest BCUT2D eigenvalue weighted by Crippen LogP contribution is -2.36. The molecule has 0 aromatic heterocycles. The van der Waals surface area contributed by atoms with Crippen LogP contribution in [0.15, 0.2) is 22.7 Å². The summed E-state index contributed by atoms with van der Waals surface area (Å²) >= 11 is 3.58. The van der Waals surface area contributed by atoms with Crippen LogP contribution in [0.25, 0.3) is 0 Å². The third-order valence-electron chi connectivity index (χ3n) is 3.38. The molecule has 0 saturated heterocycles. The number of carbonyl (C=O) groups is 1. The predicted octanol–water partition coefficient (Wildman–Crippen LogP) is 2.33. The quantitative estimate of drug-likeness (QED) is 0.866. The number of fused-ring (bicyclic) bond motifs is 1. The van der Waals surface area contributed by atoms with Gasteiger partial charge in [0, 0.05) is 24.0 Å². The van der Waals surface area contributed by atoms with Crippen molar-refractivity contribution in [3.05, 3.63) is 33.8 Å². The van der Waals surface area contributed by atoms with Gasteiger partial charge in [-0.25, -0.2) is 0 Å². The fourth-order valence-corrected chi connectivity index (χ4v) is 2.96. The zero-order valence-corrected chi connectivity index (χ0v) is 12.3. The fraction of sp³-hybridized carbons (Fsp3) is 0.500. The van der Waals surface area contributed by atoms with Gasteiger partial charge in [-0.3, -0.25) is 4.79 Å². The van der Waals surface area contributed by atoms with E-state index >= 15 is 0 Å². The molecule has 0 fully saturated rings. The van der Waals surface area contributed by atoms with Crippen molar-refractivity contribution in [3.63, 3.8) is 0 Å². The molecule has 1 aromatic rings. The van der Waals surface area contributed by atoms with Crippen molar-refractivity contribution < 1.29 is 4.79 Å². The molecule has 18 heavy (non-hydrogen) atoms. The van der Waals surface area contributed by atoms with Crippen molar-refractivity contribution in [1.82, 2.24) is 10.2 Å². The predicted molar refractivity (Wildman–Crippen MR) is 76.4 cm³/mol. The van der Waals surface area contributed by atoms with Crippen molar-refractivity contribution in [2.45, 2.75) is 25.8 Å². The summed E-state index contributed by atoms with van der Waals surface area (Å²) in [5.74, 6) is 0.274. The Labute approximate surface area is 117 Å². The van der Waals surface area contributed by atoms with E-state index in [1.807, 2.05) is 18.0 Å². The molecule has 1 N–H and O–H groups in total. The summed E-state index contributed by atoms with van der Waals surface area (Å²) in [6, 6.07) is 6.23. The van der Waals surface area contributed by atoms with Gasteiger partial charge in [0.1, 0.15) is 0 Å². The molecule has 1 aliphatic heterocycles. The lowest BCUT2D eigenvalue weighted by Gasteiger charge is -2.29. The molecule has 0 radical (unpaired) electrons. The number of nitrogens with one attached hydrogen (secondary N) is 1. The molecule has 0 aliphatic carbocycles. The second kappa shape index (κ2) is 6.34. The first-order chi connectivity index (χ1) is 8.72. The molecule has 1 heterocycles. The first-order valence-corrected chi connectivity index (χ1v) is 7.20. The molecule has 0 bridgehead atoms. The van der Waals surface area contributed by atoms with E-state index in [-0.39, 0.29) is 5.91 Å². The summed E-state index contributed by atoms with van der Waals surface area (Å²) < 4.78 is 1.17. The van der Waals surface area contributed by atoms with Gasteiger partial charge in [-0.2, -0.15) is 0 Å². The molecule has 1 amide bonds. The monoisotopic (exact) mass is 310 g/mol. The summed E-state index contributed by atoms with van der Waals surface area (Å²) in [5.41, 5.74) is 2.63. The van der Waals surface area contributed by atoms with E-state index in [1.165, 1.54) is 15.6 Å². The van der Waals surface area contributed by atoms with E-state index in [0.717, 1.165) is 32.5 Å². The number of amides is 1. The van der Waals surface area contributed by atoms with Gasteiger partial charge < -0.3 is 10.2 Å². The Morgan fingerprint density at radius 2 is 2.33 bits per heavy atom. The Hall–Kier alpha value is -0.870. The molecular formula is C14H19BrN2O. The van der Waals surface area contributed by atoms with Crippen molar-refractivity contribution in [3.8, 4) is 0 Å². The number of halogens is 1. The Kier molecular flexibility index (Phi) is 4.78. The standard InChI is InChI=1S/C14H19BrN2O/c1-16-8-3-6-14(18)17-9-7-12-11(10-17)4-2-5-13(12)15/h2,4-5,16H,3,6-10H2,1H3. The Bertz CT molecular complexity index is 434. The van der Waals surface area contributed by atoms with Crippen LogP contribution in [0.5, 0.6) is 0 Å². The van der Waals surface area contributed by atoms with Gasteiger partial charge in [0.15, 0.2) is 0 Å². The fourth-order valence-electron chi connectivity index (χ4n) is 2.35. The van der Waals surface area contributed by atoms with Crippen LogP contribution >= 0.6 is 15.9 Å². The van der Waals surface area contributed by atoms with Crippen LogP contribution in [0.2, 0.25) is 0 Å². The third-order valence-corrected chi connectivity index (χ3v) is 4.12. The SMILES string of the molecule is CNCCCC(=O)N1CCc2c(Br)cccc2C1. The van der Waals surface area contributed by atoms with Crippen LogP contribution in [-0.2, 0) is 17.8 Å². The average molecular weight is 311 g/mol. The summed E-state index contributed by atoms with van der Waals surface area (Å²) in [5, 5.41) is 3.07. The highest BCUT2D eigenvalue weighted by atomic mass is 79.9. The highest BCUT2D eigenvalue weighted by Crippen LogP contribution is 2.26. The summed E-state index contributed by atoms with van der Waals surface area (Å²) in [6.07, 6.45) is 2.51. The van der Waals surface area contributed by atoms with Gasteiger partial charge in [0.05, 0.1) is 0 Å². The lowest BCUT2D eigenvalue weighted by atomic mass is 9.99. The molecule has 98 valence electrons. The molecule has 1 aliphatic rings. The highest BCUT2D eigenvalue weighted by molar-refractivity contribution is 9.10. The third kappa shape index (κ3) is 3.12. The normalized spacial score (nSPS) is 14.4. The van der Waals surface area contributed by atoms with Crippen molar-refractivity contribution in [1.29, 1.82) is 0 Å². The van der Waals surface area contributed by atoms with E-state index in [0.29, 0.717) is 6.42 Å². The van der Waals surface area contributed by atoms with Crippen LogP contribution < -0.4 is 5.32 Å². The largest absolute Gasteiger partial charge is 0.338 e. The molecule has 4 heteroatoms. The molecule has 0 spiro atoms. The first kappa shape index (κ1) is 13.6. The van der Waals surface area contributed by atoms with Crippen molar-refractivity contribution in [2.24, 2.45) is 0 Å². The molecule has 0 unspecified atom stereocenters. The Morgan fingerprint density at radius 3 is 3.11 bits per heavy atom. The molecule has 0 saturated carbocycles. The molecule has 1 aromatic carbocycles. The number of rotatable bonds is 4. The summed E-state index contributed by atoms with van der Waals surface area (Å²) in [6.45, 7) is 2.50. The van der Waals surface area contributed by atoms with E-state index in [2.05, 4.69) is 33.4 Å². The number of benzene rings is 1. The van der Waals surface area contributed by atoms with Gasteiger partial charge in [-0.05, 0) is 43.6 Å². The average Bonchev–Trinajstić information content (AvgIpc) is 2.39. The van der Waals surface area contributed by atoms with Crippen LogP contribution in [0, 0.1) is 0 Å². The Morgan fingerprint density at radius 1 is 1.50 bits per heavy atom. The molecule has 3 nitrogen and oxygen atoms in total. The van der Waals surface area contributed by atoms with Crippen LogP contribution in [0.1, 0.15) is 24.0 Å². The first-order valence-electron chi connectivity index (χ1n) is 6.41. The second-order valence-corrected chi connectivity index (χ2v) is 5.50. The molecule has 0 atom stereocenters. The maximum absolute atomic E-state index is 12.1. The number of nitrogens with zero attached hydrogens (tertiary/aromatic N) is 1. The molecular weight excluding hydrogens is 292 g/mol. The van der Waals surface area contributed by atoms with Gasteiger partial charge in [0.25, 0.3) is 0 Å². The maximum atomic E-state index is 12.1. The summed E-state index contributed by atoms with van der Waals surface area (Å²) in [4.78, 5) is 14.0. The zero-order chi connectivity index (χ0) is 13.0. The topological polar surface area (TPSA) is 32.3 Å². The van der Waals surface area contributed by atoms with E-state index in [4.69, 9.17) is 0 Å². The minimum Gasteiger partial charge on any atom is -0.338 e. The smallest absolute Gasteiger partial charge is 0.222 e. The van der Waals surface area contributed by atoms with Gasteiger partial charge in [0.2, 0.25) is 5.91 Å². The summed E-state index contributed by atoms with van der Waals surface area (Å²) in [7, 11) is 1.92. The lowest BCUT2D eigenvalue weighted by molar-refractivity contribution is -0.132. The molecule has 2 rings (SSSR count). The van der Waals surface area contributed by atoms with E-state index < -0.39 is 0 Å². The Balaban J connectivity index is 1.97.